The maximum atomic E-state index is 13.9. The molecule has 0 spiro atoms. The van der Waals surface area contributed by atoms with Crippen LogP contribution in [0.2, 0.25) is 0 Å². The van der Waals surface area contributed by atoms with Gasteiger partial charge >= 0.3 is 0 Å². The van der Waals surface area contributed by atoms with Gasteiger partial charge in [0.1, 0.15) is 12.7 Å². The van der Waals surface area contributed by atoms with E-state index in [9.17, 15) is 8.78 Å². The molecule has 0 unspecified atom stereocenters. The van der Waals surface area contributed by atoms with Crippen molar-refractivity contribution in [3.05, 3.63) is 59.7 Å². The number of hydrogen-bond donors (Lipinski definition) is 1. The van der Waals surface area contributed by atoms with Crippen LogP contribution in [0.15, 0.2) is 36.9 Å². The lowest BCUT2D eigenvalue weighted by atomic mass is 10.1. The molecule has 4 rings (SSSR count). The highest BCUT2D eigenvalue weighted by atomic mass is 79.9. The van der Waals surface area contributed by atoms with Crippen molar-refractivity contribution in [2.24, 2.45) is 0 Å². The lowest BCUT2D eigenvalue weighted by molar-refractivity contribution is 0.272. The topological polar surface area (TPSA) is 126 Å². The van der Waals surface area contributed by atoms with Gasteiger partial charge in [-0.25, -0.2) is 18.1 Å². The maximum absolute atomic E-state index is 13.9. The Kier molecular flexibility index (Phi) is 7.72. The minimum atomic E-state index is -0.613. The second-order valence-corrected chi connectivity index (χ2v) is 6.52. The minimum Gasteiger partial charge on any atom is -0.494 e. The number of benzene rings is 2. The Morgan fingerprint density at radius 3 is 1.69 bits per heavy atom. The van der Waals surface area contributed by atoms with E-state index in [2.05, 4.69) is 47.0 Å². The molecule has 1 N–H and O–H groups in total. The van der Waals surface area contributed by atoms with E-state index in [-0.39, 0.29) is 17.1 Å². The van der Waals surface area contributed by atoms with Crippen LogP contribution in [0.4, 0.5) is 8.78 Å². The van der Waals surface area contributed by atoms with Gasteiger partial charge in [0.15, 0.2) is 23.1 Å². The number of alkyl halides is 1. The summed E-state index contributed by atoms with van der Waals surface area (Å²) in [6.07, 6.45) is 2.73. The van der Waals surface area contributed by atoms with E-state index in [0.29, 0.717) is 22.3 Å². The van der Waals surface area contributed by atoms with Crippen molar-refractivity contribution in [2.75, 3.05) is 14.2 Å². The Labute approximate surface area is 188 Å². The fourth-order valence-electron chi connectivity index (χ4n) is 2.74. The molecule has 2 aromatic heterocycles. The zero-order chi connectivity index (χ0) is 23.1. The number of aromatic nitrogens is 8. The zero-order valence-corrected chi connectivity index (χ0v) is 18.4. The Bertz CT molecular complexity index is 1070. The number of ether oxygens (including phenoxy) is 2. The molecule has 168 valence electrons. The standard InChI is InChI=1S/C9H8BrFN4O.C9H9FN4O2/c1-16-8-3-2-7(6(4-10)9(8)11)15-5-12-13-14-15;1-16-8-3-2-7(6(4-15)9(8)10)14-5-11-12-13-14/h2-3,5H,4H2,1H3;2-3,5,15H,4H2,1H3. The summed E-state index contributed by atoms with van der Waals surface area (Å²) in [4.78, 5) is 0. The van der Waals surface area contributed by atoms with E-state index in [1.54, 1.807) is 18.2 Å². The summed E-state index contributed by atoms with van der Waals surface area (Å²) in [5.41, 5.74) is 1.50. The average Bonchev–Trinajstić information content (AvgIpc) is 3.53. The number of rotatable bonds is 6. The second kappa shape index (κ2) is 10.7. The van der Waals surface area contributed by atoms with Gasteiger partial charge in [-0.1, -0.05) is 15.9 Å². The number of halogens is 3. The van der Waals surface area contributed by atoms with Gasteiger partial charge in [-0.05, 0) is 45.1 Å². The molecule has 0 bridgehead atoms. The van der Waals surface area contributed by atoms with Gasteiger partial charge < -0.3 is 14.6 Å². The molecule has 0 fully saturated rings. The second-order valence-electron chi connectivity index (χ2n) is 5.96. The smallest absolute Gasteiger partial charge is 0.172 e. The molecule has 0 saturated heterocycles. The normalized spacial score (nSPS) is 10.4. The molecule has 0 radical (unpaired) electrons. The number of tetrazole rings is 2. The Morgan fingerprint density at radius 2 is 1.31 bits per heavy atom. The summed E-state index contributed by atoms with van der Waals surface area (Å²) in [5.74, 6) is -0.752. The number of nitrogens with zero attached hydrogens (tertiary/aromatic N) is 8. The van der Waals surface area contributed by atoms with Crippen molar-refractivity contribution in [2.45, 2.75) is 11.9 Å². The molecule has 11 nitrogen and oxygen atoms in total. The van der Waals surface area contributed by atoms with E-state index in [4.69, 9.17) is 14.6 Å². The molecule has 0 saturated carbocycles. The number of aliphatic hydroxyl groups excluding tert-OH is 1. The quantitative estimate of drug-likeness (QED) is 0.387. The van der Waals surface area contributed by atoms with Crippen molar-refractivity contribution in [3.8, 4) is 22.9 Å². The SMILES string of the molecule is COc1ccc(-n2cnnn2)c(CBr)c1F.COc1ccc(-n2cnnn2)c(CO)c1F. The van der Waals surface area contributed by atoms with Gasteiger partial charge in [-0.3, -0.25) is 0 Å². The number of aliphatic hydroxyl groups is 1. The molecule has 0 atom stereocenters. The maximum Gasteiger partial charge on any atom is 0.172 e. The fraction of sp³-hybridized carbons (Fsp3) is 0.222. The summed E-state index contributed by atoms with van der Waals surface area (Å²) in [5, 5.41) is 30.7. The lowest BCUT2D eigenvalue weighted by Gasteiger charge is -2.10. The van der Waals surface area contributed by atoms with E-state index >= 15 is 0 Å². The van der Waals surface area contributed by atoms with Crippen LogP contribution in [-0.2, 0) is 11.9 Å². The van der Waals surface area contributed by atoms with Crippen molar-refractivity contribution in [3.63, 3.8) is 0 Å². The third kappa shape index (κ3) is 4.70. The predicted molar refractivity (Wildman–Crippen MR) is 110 cm³/mol. The molecule has 2 heterocycles. The highest BCUT2D eigenvalue weighted by Crippen LogP contribution is 2.27. The summed E-state index contributed by atoms with van der Waals surface area (Å²) in [7, 11) is 2.78. The van der Waals surface area contributed by atoms with Gasteiger partial charge in [0.25, 0.3) is 0 Å². The van der Waals surface area contributed by atoms with Crippen LogP contribution in [0.1, 0.15) is 11.1 Å². The molecule has 14 heteroatoms. The van der Waals surface area contributed by atoms with Crippen LogP contribution in [0.3, 0.4) is 0 Å². The van der Waals surface area contributed by atoms with Crippen molar-refractivity contribution in [1.29, 1.82) is 0 Å². The van der Waals surface area contributed by atoms with Crippen LogP contribution in [0, 0.1) is 11.6 Å². The van der Waals surface area contributed by atoms with Crippen molar-refractivity contribution in [1.82, 2.24) is 40.4 Å². The molecule has 4 aromatic rings. The first-order chi connectivity index (χ1) is 15.5. The van der Waals surface area contributed by atoms with E-state index in [1.807, 2.05) is 0 Å². The Balaban J connectivity index is 0.000000181. The van der Waals surface area contributed by atoms with Crippen LogP contribution in [0.5, 0.6) is 11.5 Å². The third-order valence-corrected chi connectivity index (χ3v) is 4.85. The highest BCUT2D eigenvalue weighted by molar-refractivity contribution is 9.08. The first-order valence-corrected chi connectivity index (χ1v) is 10.0. The van der Waals surface area contributed by atoms with Crippen LogP contribution in [0.25, 0.3) is 11.4 Å². The molecule has 0 aliphatic carbocycles. The monoisotopic (exact) mass is 510 g/mol. The Hall–Kier alpha value is -3.52. The number of methoxy groups -OCH3 is 2. The fourth-order valence-corrected chi connectivity index (χ4v) is 3.28. The van der Waals surface area contributed by atoms with Crippen molar-refractivity contribution >= 4 is 15.9 Å². The molecule has 0 amide bonds. The highest BCUT2D eigenvalue weighted by Gasteiger charge is 2.16. The van der Waals surface area contributed by atoms with Gasteiger partial charge in [0.2, 0.25) is 0 Å². The largest absolute Gasteiger partial charge is 0.494 e. The van der Waals surface area contributed by atoms with E-state index in [1.165, 1.54) is 42.3 Å². The molecule has 0 aliphatic rings. The van der Waals surface area contributed by atoms with Gasteiger partial charge in [0, 0.05) is 16.5 Å². The lowest BCUT2D eigenvalue weighted by Crippen LogP contribution is -2.04. The number of hydrogen-bond acceptors (Lipinski definition) is 9. The predicted octanol–water partition coefficient (Wildman–Crippen LogP) is 2.01. The van der Waals surface area contributed by atoms with Gasteiger partial charge in [-0.2, -0.15) is 0 Å². The summed E-state index contributed by atoms with van der Waals surface area (Å²) >= 11 is 3.23. The summed E-state index contributed by atoms with van der Waals surface area (Å²) < 4.78 is 40.0. The first-order valence-electron chi connectivity index (χ1n) is 8.89. The van der Waals surface area contributed by atoms with E-state index < -0.39 is 18.2 Å². The first kappa shape index (κ1) is 23.1. The van der Waals surface area contributed by atoms with Gasteiger partial charge in [-0.15, -0.1) is 10.2 Å². The average molecular weight is 511 g/mol. The minimum absolute atomic E-state index is 0.0703. The zero-order valence-electron chi connectivity index (χ0n) is 16.9. The third-order valence-electron chi connectivity index (χ3n) is 4.29. The summed E-state index contributed by atoms with van der Waals surface area (Å²) in [6, 6.07) is 6.27. The van der Waals surface area contributed by atoms with E-state index in [0.717, 1.165) is 0 Å². The Morgan fingerprint density at radius 1 is 0.844 bits per heavy atom. The van der Waals surface area contributed by atoms with Gasteiger partial charge in [0.05, 0.1) is 32.2 Å². The van der Waals surface area contributed by atoms with Crippen LogP contribution in [-0.4, -0.2) is 59.7 Å². The van der Waals surface area contributed by atoms with Crippen LogP contribution >= 0.6 is 15.9 Å². The molecule has 0 aliphatic heterocycles. The molecule has 2 aromatic carbocycles. The summed E-state index contributed by atoms with van der Waals surface area (Å²) in [6.45, 7) is -0.460. The van der Waals surface area contributed by atoms with Crippen molar-refractivity contribution < 1.29 is 23.4 Å². The molecule has 32 heavy (non-hydrogen) atoms. The molecular formula is C18H17BrF2N8O3. The van der Waals surface area contributed by atoms with Crippen LogP contribution < -0.4 is 9.47 Å². The molecular weight excluding hydrogens is 494 g/mol.